The summed E-state index contributed by atoms with van der Waals surface area (Å²) >= 11 is 1.45. The molecule has 0 bridgehead atoms. The minimum absolute atomic E-state index is 0.0197. The first kappa shape index (κ1) is 25.0. The summed E-state index contributed by atoms with van der Waals surface area (Å²) in [5.74, 6) is -2.23. The van der Waals surface area contributed by atoms with Crippen molar-refractivity contribution in [3.63, 3.8) is 0 Å². The van der Waals surface area contributed by atoms with Crippen LogP contribution >= 0.6 is 11.8 Å². The lowest BCUT2D eigenvalue weighted by molar-refractivity contribution is -0.158. The number of carboxylic acids is 1. The number of amides is 3. The van der Waals surface area contributed by atoms with Crippen LogP contribution in [0.4, 0.5) is 0 Å². The molecule has 6 atom stereocenters. The molecule has 12 heteroatoms. The van der Waals surface area contributed by atoms with Gasteiger partial charge in [0, 0.05) is 47.3 Å². The molecular weight excluding hydrogens is 460 g/mol. The Bertz CT molecular complexity index is 931. The van der Waals surface area contributed by atoms with Crippen molar-refractivity contribution in [3.05, 3.63) is 10.6 Å². The number of β-lactam (4-membered cyclic amide) rings is 1. The number of hydrogen-bond donors (Lipinski definition) is 5. The van der Waals surface area contributed by atoms with E-state index in [1.54, 1.807) is 18.9 Å². The zero-order chi connectivity index (χ0) is 24.9. The van der Waals surface area contributed by atoms with Crippen LogP contribution in [0.15, 0.2) is 10.6 Å². The Hall–Kier alpha value is -2.15. The van der Waals surface area contributed by atoms with Crippen molar-refractivity contribution < 1.29 is 24.3 Å². The maximum Gasteiger partial charge on any atom is 0.353 e. The molecule has 0 radical (unpaired) electrons. The van der Waals surface area contributed by atoms with Crippen molar-refractivity contribution in [2.24, 2.45) is 17.6 Å². The molecule has 0 saturated carbocycles. The third-order valence-electron chi connectivity index (χ3n) is 7.15. The molecule has 0 spiro atoms. The Morgan fingerprint density at radius 1 is 1.35 bits per heavy atom. The minimum Gasteiger partial charge on any atom is -0.477 e. The highest BCUT2D eigenvalue weighted by Gasteiger charge is 2.60. The topological polar surface area (TPSA) is 157 Å². The van der Waals surface area contributed by atoms with Gasteiger partial charge in [-0.3, -0.25) is 14.4 Å². The fourth-order valence-electron chi connectivity index (χ4n) is 5.61. The van der Waals surface area contributed by atoms with Crippen LogP contribution in [0.5, 0.6) is 0 Å². The Labute approximate surface area is 203 Å². The summed E-state index contributed by atoms with van der Waals surface area (Å²) in [5.41, 5.74) is 5.73. The number of hydrogen-bond acceptors (Lipinski definition) is 8. The molecule has 0 aromatic heterocycles. The molecular formula is C22H34N6O5S. The molecule has 3 saturated heterocycles. The third kappa shape index (κ3) is 4.32. The highest BCUT2D eigenvalue weighted by atomic mass is 32.2. The van der Waals surface area contributed by atoms with Gasteiger partial charge in [-0.25, -0.2) is 4.79 Å². The van der Waals surface area contributed by atoms with Gasteiger partial charge < -0.3 is 36.6 Å². The predicted octanol–water partition coefficient (Wildman–Crippen LogP) is -1.49. The number of rotatable bonds is 8. The Morgan fingerprint density at radius 2 is 2.03 bits per heavy atom. The molecule has 4 rings (SSSR count). The molecule has 0 aliphatic carbocycles. The van der Waals surface area contributed by atoms with Gasteiger partial charge in [-0.05, 0) is 27.3 Å². The van der Waals surface area contributed by atoms with Gasteiger partial charge in [-0.1, -0.05) is 6.92 Å². The quantitative estimate of drug-likeness (QED) is 0.254. The summed E-state index contributed by atoms with van der Waals surface area (Å²) in [5, 5.41) is 18.8. The molecule has 4 aliphatic rings. The van der Waals surface area contributed by atoms with Crippen LogP contribution in [0.3, 0.4) is 0 Å². The lowest BCUT2D eigenvalue weighted by Crippen LogP contribution is -2.68. The second-order valence-electron chi connectivity index (χ2n) is 10.2. The van der Waals surface area contributed by atoms with Crippen LogP contribution in [0, 0.1) is 11.8 Å². The van der Waals surface area contributed by atoms with Crippen molar-refractivity contribution in [2.75, 3.05) is 33.2 Å². The number of fused-ring (bicyclic) bond motifs is 1. The van der Waals surface area contributed by atoms with Crippen molar-refractivity contribution in [2.45, 2.75) is 56.1 Å². The SMILES string of the molecule is CNCC(=O)N[C@H](C)[C@H]1C(=O)N2C(C(=O)O)=C(S[C@@H]3CN[C@H](C(=O)N4CC(C)(N)C4)C3)[C@H](C)[C@H]12. The fraction of sp³-hybridized carbons (Fsp3) is 0.727. The molecule has 4 heterocycles. The summed E-state index contributed by atoms with van der Waals surface area (Å²) in [6.45, 7) is 7.44. The highest BCUT2D eigenvalue weighted by molar-refractivity contribution is 8.03. The van der Waals surface area contributed by atoms with E-state index < -0.39 is 17.9 Å². The van der Waals surface area contributed by atoms with E-state index in [2.05, 4.69) is 16.0 Å². The maximum atomic E-state index is 13.0. The number of nitrogens with two attached hydrogens (primary N) is 1. The van der Waals surface area contributed by atoms with Crippen LogP contribution in [0.2, 0.25) is 0 Å². The lowest BCUT2D eigenvalue weighted by Gasteiger charge is -2.47. The maximum absolute atomic E-state index is 13.0. The fourth-order valence-corrected chi connectivity index (χ4v) is 7.09. The minimum atomic E-state index is -1.13. The smallest absolute Gasteiger partial charge is 0.353 e. The van der Waals surface area contributed by atoms with E-state index in [1.807, 2.05) is 13.8 Å². The summed E-state index contributed by atoms with van der Waals surface area (Å²) < 4.78 is 0. The van der Waals surface area contributed by atoms with Crippen molar-refractivity contribution in [1.29, 1.82) is 0 Å². The number of likely N-dealkylation sites (tertiary alicyclic amines) is 1. The molecule has 188 valence electrons. The van der Waals surface area contributed by atoms with E-state index in [9.17, 15) is 24.3 Å². The van der Waals surface area contributed by atoms with Gasteiger partial charge in [0.15, 0.2) is 0 Å². The van der Waals surface area contributed by atoms with Crippen LogP contribution in [0.1, 0.15) is 27.2 Å². The van der Waals surface area contributed by atoms with Crippen LogP contribution in [-0.2, 0) is 19.2 Å². The summed E-state index contributed by atoms with van der Waals surface area (Å²) in [6.07, 6.45) is 0.586. The van der Waals surface area contributed by atoms with Gasteiger partial charge in [-0.2, -0.15) is 0 Å². The van der Waals surface area contributed by atoms with E-state index >= 15 is 0 Å². The largest absolute Gasteiger partial charge is 0.477 e. The van der Waals surface area contributed by atoms with Crippen LogP contribution in [0.25, 0.3) is 0 Å². The highest BCUT2D eigenvalue weighted by Crippen LogP contribution is 2.51. The first-order valence-electron chi connectivity index (χ1n) is 11.7. The average Bonchev–Trinajstić information content (AvgIpc) is 3.28. The molecule has 34 heavy (non-hydrogen) atoms. The monoisotopic (exact) mass is 494 g/mol. The summed E-state index contributed by atoms with van der Waals surface area (Å²) in [7, 11) is 1.67. The van der Waals surface area contributed by atoms with E-state index in [0.717, 1.165) is 0 Å². The van der Waals surface area contributed by atoms with Crippen molar-refractivity contribution >= 4 is 35.5 Å². The van der Waals surface area contributed by atoms with Crippen molar-refractivity contribution in [3.8, 4) is 0 Å². The second-order valence-corrected chi connectivity index (χ2v) is 11.5. The molecule has 11 nitrogen and oxygen atoms in total. The summed E-state index contributed by atoms with van der Waals surface area (Å²) in [4.78, 5) is 53.6. The van der Waals surface area contributed by atoms with Gasteiger partial charge >= 0.3 is 5.97 Å². The molecule has 6 N–H and O–H groups in total. The number of carbonyl (C=O) groups is 4. The molecule has 0 aromatic rings. The normalized spacial score (nSPS) is 32.7. The van der Waals surface area contributed by atoms with E-state index in [-0.39, 0.29) is 58.8 Å². The predicted molar refractivity (Wildman–Crippen MR) is 126 cm³/mol. The van der Waals surface area contributed by atoms with E-state index in [4.69, 9.17) is 5.73 Å². The Balaban J connectivity index is 1.42. The number of thioether (sulfide) groups is 1. The molecule has 0 unspecified atom stereocenters. The summed E-state index contributed by atoms with van der Waals surface area (Å²) in [6, 6.07) is -1.02. The number of carboxylic acid groups (broad SMARTS) is 1. The Kier molecular flexibility index (Phi) is 6.71. The van der Waals surface area contributed by atoms with Gasteiger partial charge in [0.2, 0.25) is 17.7 Å². The lowest BCUT2D eigenvalue weighted by atomic mass is 9.78. The standard InChI is InChI=1S/C22H34N6O5S/c1-10-16-15(11(2)26-14(29)7-24-4)20(31)28(16)17(21(32)33)18(10)34-12-5-13(25-6-12)19(30)27-8-22(3,23)9-27/h10-13,15-16,24-25H,5-9,23H2,1-4H3,(H,26,29)(H,32,33)/t10-,11-,12+,13+,15-,16-/m1/s1. The van der Waals surface area contributed by atoms with Crippen molar-refractivity contribution in [1.82, 2.24) is 25.8 Å². The van der Waals surface area contributed by atoms with E-state index in [0.29, 0.717) is 31.0 Å². The average molecular weight is 495 g/mol. The van der Waals surface area contributed by atoms with Crippen LogP contribution < -0.4 is 21.7 Å². The number of likely N-dealkylation sites (N-methyl/N-ethyl adjacent to an activating group) is 1. The molecule has 3 amide bonds. The van der Waals surface area contributed by atoms with Gasteiger partial charge in [-0.15, -0.1) is 11.8 Å². The number of nitrogens with one attached hydrogen (secondary N) is 3. The first-order valence-corrected chi connectivity index (χ1v) is 12.6. The second kappa shape index (κ2) is 9.14. The van der Waals surface area contributed by atoms with Gasteiger partial charge in [0.25, 0.3) is 0 Å². The van der Waals surface area contributed by atoms with Gasteiger partial charge in [0.1, 0.15) is 5.70 Å². The zero-order valence-electron chi connectivity index (χ0n) is 20.0. The third-order valence-corrected chi connectivity index (χ3v) is 8.67. The number of nitrogens with zero attached hydrogens (tertiary/aromatic N) is 2. The molecule has 4 aliphatic heterocycles. The first-order chi connectivity index (χ1) is 15.9. The number of aliphatic carboxylic acids is 1. The zero-order valence-corrected chi connectivity index (χ0v) is 20.8. The Morgan fingerprint density at radius 3 is 2.62 bits per heavy atom. The molecule has 0 aromatic carbocycles. The van der Waals surface area contributed by atoms with E-state index in [1.165, 1.54) is 16.7 Å². The number of carbonyl (C=O) groups excluding carboxylic acids is 3. The molecule has 3 fully saturated rings. The van der Waals surface area contributed by atoms with Gasteiger partial charge in [0.05, 0.1) is 24.5 Å². The van der Waals surface area contributed by atoms with Crippen LogP contribution in [-0.4, -0.2) is 101 Å².